The minimum Gasteiger partial charge on any atom is -0.465 e. The van der Waals surface area contributed by atoms with Crippen LogP contribution in [0.15, 0.2) is 24.3 Å². The molecular weight excluding hydrogens is 305 g/mol. The van der Waals surface area contributed by atoms with Crippen molar-refractivity contribution in [3.8, 4) is 0 Å². The molecule has 1 heterocycles. The lowest BCUT2D eigenvalue weighted by atomic mass is 9.68. The summed E-state index contributed by atoms with van der Waals surface area (Å²) in [6.07, 6.45) is 8.22. The van der Waals surface area contributed by atoms with Gasteiger partial charge in [-0.3, -0.25) is 4.79 Å². The average Bonchev–Trinajstić information content (AvgIpc) is 2.62. The van der Waals surface area contributed by atoms with Crippen LogP contribution in [0.4, 0.5) is 4.39 Å². The van der Waals surface area contributed by atoms with Crippen LogP contribution in [0.25, 0.3) is 0 Å². The normalized spacial score (nSPS) is 28.5. The van der Waals surface area contributed by atoms with Crippen molar-refractivity contribution in [2.45, 2.75) is 63.3 Å². The molecule has 0 aromatic heterocycles. The Labute approximate surface area is 144 Å². The maximum absolute atomic E-state index is 13.3. The van der Waals surface area contributed by atoms with E-state index in [-0.39, 0.29) is 17.2 Å². The molecule has 1 aromatic carbocycles. The van der Waals surface area contributed by atoms with Crippen LogP contribution in [-0.2, 0) is 14.9 Å². The van der Waals surface area contributed by atoms with E-state index in [1.807, 2.05) is 12.1 Å². The Morgan fingerprint density at radius 3 is 2.38 bits per heavy atom. The van der Waals surface area contributed by atoms with Crippen LogP contribution in [0, 0.1) is 5.82 Å². The van der Waals surface area contributed by atoms with Crippen LogP contribution in [0.1, 0.15) is 57.4 Å². The fraction of sp³-hybridized carbons (Fsp3) is 0.650. The third-order valence-electron chi connectivity index (χ3n) is 5.83. The van der Waals surface area contributed by atoms with Crippen molar-refractivity contribution < 1.29 is 13.9 Å². The van der Waals surface area contributed by atoms with E-state index < -0.39 is 0 Å². The quantitative estimate of drug-likeness (QED) is 0.778. The SMILES string of the molecule is CC(=O)OC[C@]1(c2ccc(F)cc2)CC[C@@H](N2CCCCC2)CC1. The van der Waals surface area contributed by atoms with Gasteiger partial charge in [-0.15, -0.1) is 0 Å². The summed E-state index contributed by atoms with van der Waals surface area (Å²) in [6.45, 7) is 4.30. The minimum atomic E-state index is -0.241. The zero-order valence-electron chi connectivity index (χ0n) is 14.6. The Balaban J connectivity index is 1.72. The van der Waals surface area contributed by atoms with Crippen molar-refractivity contribution in [2.75, 3.05) is 19.7 Å². The van der Waals surface area contributed by atoms with Crippen molar-refractivity contribution in [3.63, 3.8) is 0 Å². The predicted molar refractivity (Wildman–Crippen MR) is 92.4 cm³/mol. The maximum atomic E-state index is 13.3. The number of esters is 1. The number of ether oxygens (including phenoxy) is 1. The van der Waals surface area contributed by atoms with Gasteiger partial charge in [-0.05, 0) is 69.3 Å². The van der Waals surface area contributed by atoms with Gasteiger partial charge in [0.1, 0.15) is 12.4 Å². The Morgan fingerprint density at radius 2 is 1.79 bits per heavy atom. The lowest BCUT2D eigenvalue weighted by Gasteiger charge is -2.44. The van der Waals surface area contributed by atoms with E-state index in [1.165, 1.54) is 51.4 Å². The molecular formula is C20H28FNO2. The molecule has 3 nitrogen and oxygen atoms in total. The first-order chi connectivity index (χ1) is 11.6. The second kappa shape index (κ2) is 7.64. The number of carbonyl (C=O) groups is 1. The predicted octanol–water partition coefficient (Wildman–Crippen LogP) is 4.06. The number of hydrogen-bond donors (Lipinski definition) is 0. The van der Waals surface area contributed by atoms with E-state index >= 15 is 0 Å². The molecule has 24 heavy (non-hydrogen) atoms. The standard InChI is InChI=1S/C20H28FNO2/c1-16(23)24-15-20(17-5-7-18(21)8-6-17)11-9-19(10-12-20)22-13-3-2-4-14-22/h5-8,19H,2-4,9-15H2,1H3/t19-,20+. The summed E-state index contributed by atoms with van der Waals surface area (Å²) >= 11 is 0. The van der Waals surface area contributed by atoms with Gasteiger partial charge < -0.3 is 9.64 Å². The van der Waals surface area contributed by atoms with Gasteiger partial charge in [0.2, 0.25) is 0 Å². The highest BCUT2D eigenvalue weighted by Gasteiger charge is 2.39. The molecule has 1 aromatic rings. The van der Waals surface area contributed by atoms with Gasteiger partial charge in [0, 0.05) is 18.4 Å². The third kappa shape index (κ3) is 3.97. The van der Waals surface area contributed by atoms with E-state index in [0.29, 0.717) is 12.6 Å². The molecule has 0 unspecified atom stereocenters. The van der Waals surface area contributed by atoms with Crippen LogP contribution in [0.2, 0.25) is 0 Å². The highest BCUT2D eigenvalue weighted by Crippen LogP contribution is 2.41. The Morgan fingerprint density at radius 1 is 1.17 bits per heavy atom. The second-order valence-electron chi connectivity index (χ2n) is 7.40. The lowest BCUT2D eigenvalue weighted by molar-refractivity contribution is -0.143. The molecule has 132 valence electrons. The number of rotatable bonds is 4. The number of likely N-dealkylation sites (tertiary alicyclic amines) is 1. The van der Waals surface area contributed by atoms with Crippen LogP contribution >= 0.6 is 0 Å². The monoisotopic (exact) mass is 333 g/mol. The fourth-order valence-electron chi connectivity index (χ4n) is 4.36. The van der Waals surface area contributed by atoms with Crippen molar-refractivity contribution in [1.82, 2.24) is 4.90 Å². The molecule has 0 N–H and O–H groups in total. The highest BCUT2D eigenvalue weighted by atomic mass is 19.1. The van der Waals surface area contributed by atoms with E-state index in [9.17, 15) is 9.18 Å². The summed E-state index contributed by atoms with van der Waals surface area (Å²) in [5, 5.41) is 0. The molecule has 0 amide bonds. The molecule has 1 aliphatic heterocycles. The second-order valence-corrected chi connectivity index (χ2v) is 7.40. The molecule has 2 aliphatic rings. The van der Waals surface area contributed by atoms with Gasteiger partial charge in [0.05, 0.1) is 0 Å². The van der Waals surface area contributed by atoms with Gasteiger partial charge in [-0.1, -0.05) is 18.6 Å². The molecule has 1 saturated heterocycles. The lowest BCUT2D eigenvalue weighted by Crippen LogP contribution is -2.46. The summed E-state index contributed by atoms with van der Waals surface area (Å²) < 4.78 is 18.7. The summed E-state index contributed by atoms with van der Waals surface area (Å²) in [6, 6.07) is 7.40. The average molecular weight is 333 g/mol. The van der Waals surface area contributed by atoms with E-state index in [1.54, 1.807) is 0 Å². The van der Waals surface area contributed by atoms with E-state index in [0.717, 1.165) is 31.2 Å². The van der Waals surface area contributed by atoms with Crippen molar-refractivity contribution in [1.29, 1.82) is 0 Å². The van der Waals surface area contributed by atoms with E-state index in [2.05, 4.69) is 4.90 Å². The maximum Gasteiger partial charge on any atom is 0.302 e. The van der Waals surface area contributed by atoms with Crippen LogP contribution in [0.5, 0.6) is 0 Å². The molecule has 2 fully saturated rings. The molecule has 3 rings (SSSR count). The Hall–Kier alpha value is -1.42. The number of hydrogen-bond acceptors (Lipinski definition) is 3. The largest absolute Gasteiger partial charge is 0.465 e. The number of nitrogens with zero attached hydrogens (tertiary/aromatic N) is 1. The van der Waals surface area contributed by atoms with Crippen LogP contribution in [-0.4, -0.2) is 36.6 Å². The van der Waals surface area contributed by atoms with Crippen molar-refractivity contribution >= 4 is 5.97 Å². The first-order valence-electron chi connectivity index (χ1n) is 9.23. The third-order valence-corrected chi connectivity index (χ3v) is 5.83. The Kier molecular flexibility index (Phi) is 5.54. The summed E-state index contributed by atoms with van der Waals surface area (Å²) in [5.41, 5.74) is 0.938. The summed E-state index contributed by atoms with van der Waals surface area (Å²) in [7, 11) is 0. The van der Waals surface area contributed by atoms with Crippen LogP contribution < -0.4 is 0 Å². The zero-order chi connectivity index (χ0) is 17.0. The topological polar surface area (TPSA) is 29.5 Å². The van der Waals surface area contributed by atoms with Crippen molar-refractivity contribution in [2.24, 2.45) is 0 Å². The molecule has 0 atom stereocenters. The number of carbonyl (C=O) groups excluding carboxylic acids is 1. The highest BCUT2D eigenvalue weighted by molar-refractivity contribution is 5.66. The van der Waals surface area contributed by atoms with Gasteiger partial charge in [0.15, 0.2) is 0 Å². The fourth-order valence-corrected chi connectivity index (χ4v) is 4.36. The van der Waals surface area contributed by atoms with Gasteiger partial charge in [-0.2, -0.15) is 0 Å². The van der Waals surface area contributed by atoms with E-state index in [4.69, 9.17) is 4.74 Å². The molecule has 4 heteroatoms. The number of halogens is 1. The Bertz CT molecular complexity index is 543. The van der Waals surface area contributed by atoms with Crippen molar-refractivity contribution in [3.05, 3.63) is 35.6 Å². The summed E-state index contributed by atoms with van der Waals surface area (Å²) in [4.78, 5) is 14.0. The van der Waals surface area contributed by atoms with Crippen LogP contribution in [0.3, 0.4) is 0 Å². The molecule has 0 spiro atoms. The first-order valence-corrected chi connectivity index (χ1v) is 9.23. The van der Waals surface area contributed by atoms with Gasteiger partial charge >= 0.3 is 5.97 Å². The number of benzene rings is 1. The first kappa shape index (κ1) is 17.4. The summed E-state index contributed by atoms with van der Waals surface area (Å²) in [5.74, 6) is -0.460. The molecule has 1 aliphatic carbocycles. The zero-order valence-corrected chi connectivity index (χ0v) is 14.6. The smallest absolute Gasteiger partial charge is 0.302 e. The molecule has 0 radical (unpaired) electrons. The van der Waals surface area contributed by atoms with Gasteiger partial charge in [0.25, 0.3) is 0 Å². The molecule has 1 saturated carbocycles. The van der Waals surface area contributed by atoms with Gasteiger partial charge in [-0.25, -0.2) is 4.39 Å². The molecule has 0 bridgehead atoms. The minimum absolute atomic E-state index is 0.161. The number of piperidine rings is 1.